The first-order valence-corrected chi connectivity index (χ1v) is 6.13. The van der Waals surface area contributed by atoms with Crippen LogP contribution in [0.25, 0.3) is 0 Å². The van der Waals surface area contributed by atoms with Crippen LogP contribution in [0.4, 0.5) is 0 Å². The summed E-state index contributed by atoms with van der Waals surface area (Å²) in [6.45, 7) is 6.13. The van der Waals surface area contributed by atoms with E-state index >= 15 is 0 Å². The molecule has 4 atom stereocenters. The maximum absolute atomic E-state index is 11.8. The van der Waals surface area contributed by atoms with Crippen molar-refractivity contribution in [3.8, 4) is 0 Å². The van der Waals surface area contributed by atoms with Crippen LogP contribution in [0.5, 0.6) is 0 Å². The number of alkyl halides is 1. The number of ether oxygens (including phenoxy) is 1. The number of hydrogen-bond acceptors (Lipinski definition) is 2. The summed E-state index contributed by atoms with van der Waals surface area (Å²) in [6, 6.07) is 0. The van der Waals surface area contributed by atoms with Crippen molar-refractivity contribution in [3.05, 3.63) is 0 Å². The third-order valence-electron chi connectivity index (χ3n) is 4.03. The van der Waals surface area contributed by atoms with Crippen molar-refractivity contribution in [3.63, 3.8) is 0 Å². The van der Waals surface area contributed by atoms with Gasteiger partial charge in [-0.3, -0.25) is 4.79 Å². The molecule has 0 radical (unpaired) electrons. The molecule has 0 bridgehead atoms. The summed E-state index contributed by atoms with van der Waals surface area (Å²) in [5.41, 5.74) is -0.478. The van der Waals surface area contributed by atoms with Crippen molar-refractivity contribution < 1.29 is 9.53 Å². The van der Waals surface area contributed by atoms with Crippen LogP contribution >= 0.6 is 15.9 Å². The number of carbonyl (C=O) groups is 1. The molecular formula is C10H16BrNO2. The van der Waals surface area contributed by atoms with Gasteiger partial charge in [-0.1, -0.05) is 15.9 Å². The zero-order valence-electron chi connectivity index (χ0n) is 8.76. The summed E-state index contributed by atoms with van der Waals surface area (Å²) in [5.74, 6) is 0.127. The SMILES string of the molecule is CC1O[C@@]2(C)[C@@H](CCBr)C(=O)N[C@@]12C. The molecule has 0 aromatic rings. The lowest BCUT2D eigenvalue weighted by molar-refractivity contribution is -0.259. The second-order valence-electron chi connectivity index (χ2n) is 4.59. The van der Waals surface area contributed by atoms with Gasteiger partial charge in [0.15, 0.2) is 0 Å². The van der Waals surface area contributed by atoms with Gasteiger partial charge in [-0.25, -0.2) is 0 Å². The van der Waals surface area contributed by atoms with E-state index < -0.39 is 0 Å². The van der Waals surface area contributed by atoms with Gasteiger partial charge in [0.25, 0.3) is 0 Å². The molecule has 0 aromatic heterocycles. The van der Waals surface area contributed by atoms with Crippen LogP contribution in [-0.2, 0) is 9.53 Å². The van der Waals surface area contributed by atoms with Gasteiger partial charge < -0.3 is 10.1 Å². The van der Waals surface area contributed by atoms with Crippen molar-refractivity contribution in [2.75, 3.05) is 5.33 Å². The zero-order chi connectivity index (χ0) is 10.6. The number of amides is 1. The maximum atomic E-state index is 11.8. The van der Waals surface area contributed by atoms with Crippen molar-refractivity contribution >= 4 is 21.8 Å². The average molecular weight is 262 g/mol. The minimum atomic E-state index is -0.308. The summed E-state index contributed by atoms with van der Waals surface area (Å²) in [6.07, 6.45) is 0.960. The molecule has 0 spiro atoms. The zero-order valence-corrected chi connectivity index (χ0v) is 10.3. The molecule has 80 valence electrons. The Morgan fingerprint density at radius 1 is 1.57 bits per heavy atom. The highest BCUT2D eigenvalue weighted by Crippen LogP contribution is 2.52. The molecule has 2 saturated heterocycles. The van der Waals surface area contributed by atoms with Gasteiger partial charge in [0.1, 0.15) is 5.60 Å². The number of hydrogen-bond donors (Lipinski definition) is 1. The van der Waals surface area contributed by atoms with Crippen LogP contribution in [0.3, 0.4) is 0 Å². The van der Waals surface area contributed by atoms with Gasteiger partial charge in [-0.2, -0.15) is 0 Å². The molecule has 2 aliphatic rings. The standard InChI is InChI=1S/C10H16BrNO2/c1-6-9(2)10(3,14-6)7(4-5-11)8(13)12-9/h6-7H,4-5H2,1-3H3,(H,12,13)/t6?,7-,9-,10-/m0/s1. The van der Waals surface area contributed by atoms with Crippen LogP contribution in [0.2, 0.25) is 0 Å². The minimum Gasteiger partial charge on any atom is -0.366 e. The van der Waals surface area contributed by atoms with E-state index in [1.807, 2.05) is 13.8 Å². The van der Waals surface area contributed by atoms with Crippen molar-refractivity contribution in [2.45, 2.75) is 44.4 Å². The number of nitrogens with one attached hydrogen (secondary N) is 1. The fourth-order valence-corrected chi connectivity index (χ4v) is 3.19. The van der Waals surface area contributed by atoms with Gasteiger partial charge in [-0.15, -0.1) is 0 Å². The Balaban J connectivity index is 2.27. The Hall–Kier alpha value is -0.0900. The fraction of sp³-hybridized carbons (Fsp3) is 0.900. The van der Waals surface area contributed by atoms with E-state index in [1.165, 1.54) is 0 Å². The van der Waals surface area contributed by atoms with Crippen LogP contribution in [0.15, 0.2) is 0 Å². The van der Waals surface area contributed by atoms with E-state index in [1.54, 1.807) is 0 Å². The second-order valence-corrected chi connectivity index (χ2v) is 5.38. The predicted molar refractivity (Wildman–Crippen MR) is 57.4 cm³/mol. The quantitative estimate of drug-likeness (QED) is 0.765. The monoisotopic (exact) mass is 261 g/mol. The summed E-state index contributed by atoms with van der Waals surface area (Å²) in [7, 11) is 0. The topological polar surface area (TPSA) is 38.3 Å². The molecule has 0 saturated carbocycles. The Morgan fingerprint density at radius 2 is 2.21 bits per heavy atom. The second kappa shape index (κ2) is 2.95. The molecule has 4 heteroatoms. The molecule has 2 fully saturated rings. The molecule has 0 aliphatic carbocycles. The number of halogens is 1. The van der Waals surface area contributed by atoms with E-state index in [0.717, 1.165) is 11.8 Å². The van der Waals surface area contributed by atoms with Crippen LogP contribution < -0.4 is 5.32 Å². The highest BCUT2D eigenvalue weighted by Gasteiger charge is 2.70. The number of rotatable bonds is 2. The first-order valence-electron chi connectivity index (χ1n) is 5.01. The molecule has 1 unspecified atom stereocenters. The average Bonchev–Trinajstić information content (AvgIpc) is 2.25. The van der Waals surface area contributed by atoms with Gasteiger partial charge >= 0.3 is 0 Å². The Labute approximate surface area is 92.7 Å². The largest absolute Gasteiger partial charge is 0.366 e. The molecule has 14 heavy (non-hydrogen) atoms. The molecule has 0 aromatic carbocycles. The Bertz CT molecular complexity index is 283. The number of carbonyl (C=O) groups excluding carboxylic acids is 1. The van der Waals surface area contributed by atoms with Gasteiger partial charge in [0.05, 0.1) is 17.6 Å². The molecule has 1 N–H and O–H groups in total. The lowest BCUT2D eigenvalue weighted by Gasteiger charge is -2.57. The summed E-state index contributed by atoms with van der Waals surface area (Å²) >= 11 is 3.38. The lowest BCUT2D eigenvalue weighted by Crippen LogP contribution is -2.73. The summed E-state index contributed by atoms with van der Waals surface area (Å²) in [5, 5.41) is 3.91. The van der Waals surface area contributed by atoms with E-state index in [2.05, 4.69) is 28.2 Å². The van der Waals surface area contributed by atoms with Crippen molar-refractivity contribution in [1.82, 2.24) is 5.32 Å². The van der Waals surface area contributed by atoms with Gasteiger partial charge in [0.2, 0.25) is 5.91 Å². The molecule has 2 rings (SSSR count). The van der Waals surface area contributed by atoms with Crippen LogP contribution in [-0.4, -0.2) is 28.5 Å². The molecule has 3 nitrogen and oxygen atoms in total. The first kappa shape index (κ1) is 10.4. The summed E-state index contributed by atoms with van der Waals surface area (Å²) < 4.78 is 5.78. The normalized spacial score (nSPS) is 51.0. The van der Waals surface area contributed by atoms with Crippen LogP contribution in [0, 0.1) is 5.92 Å². The van der Waals surface area contributed by atoms with E-state index in [-0.39, 0.29) is 29.1 Å². The van der Waals surface area contributed by atoms with Crippen molar-refractivity contribution in [1.29, 1.82) is 0 Å². The molecule has 2 heterocycles. The third kappa shape index (κ3) is 0.986. The minimum absolute atomic E-state index is 0.0110. The molecule has 1 amide bonds. The highest BCUT2D eigenvalue weighted by molar-refractivity contribution is 9.09. The predicted octanol–water partition coefficient (Wildman–Crippen LogP) is 1.45. The van der Waals surface area contributed by atoms with Gasteiger partial charge in [0, 0.05) is 5.33 Å². The van der Waals surface area contributed by atoms with E-state index in [9.17, 15) is 4.79 Å². The Morgan fingerprint density at radius 3 is 2.64 bits per heavy atom. The number of fused-ring (bicyclic) bond motifs is 1. The van der Waals surface area contributed by atoms with Crippen LogP contribution in [0.1, 0.15) is 27.2 Å². The van der Waals surface area contributed by atoms with E-state index in [4.69, 9.17) is 4.74 Å². The smallest absolute Gasteiger partial charge is 0.226 e. The van der Waals surface area contributed by atoms with Gasteiger partial charge in [-0.05, 0) is 27.2 Å². The van der Waals surface area contributed by atoms with Crippen molar-refractivity contribution in [2.24, 2.45) is 5.92 Å². The Kier molecular flexibility index (Phi) is 2.20. The summed E-state index contributed by atoms with van der Waals surface area (Å²) in [4.78, 5) is 11.8. The third-order valence-corrected chi connectivity index (χ3v) is 4.49. The molecular weight excluding hydrogens is 246 g/mol. The first-order chi connectivity index (χ1) is 6.45. The molecule has 2 aliphatic heterocycles. The maximum Gasteiger partial charge on any atom is 0.226 e. The fourth-order valence-electron chi connectivity index (χ4n) is 2.73. The highest BCUT2D eigenvalue weighted by atomic mass is 79.9. The van der Waals surface area contributed by atoms with E-state index in [0.29, 0.717) is 0 Å². The lowest BCUT2D eigenvalue weighted by atomic mass is 9.69.